The Bertz CT molecular complexity index is 648. The first-order valence-electron chi connectivity index (χ1n) is 8.34. The average molecular weight is 352 g/mol. The molecule has 1 aliphatic heterocycles. The summed E-state index contributed by atoms with van der Waals surface area (Å²) in [5, 5.41) is 0.507. The van der Waals surface area contributed by atoms with E-state index in [-0.39, 0.29) is 5.82 Å². The number of nitrogens with zero attached hydrogens (tertiary/aromatic N) is 3. The van der Waals surface area contributed by atoms with Crippen LogP contribution < -0.4 is 0 Å². The summed E-state index contributed by atoms with van der Waals surface area (Å²) in [5.41, 5.74) is 0.596. The molecular formula is C18H23ClFN3O. The smallest absolute Gasteiger partial charge is 0.129 e. The molecule has 4 nitrogen and oxygen atoms in total. The van der Waals surface area contributed by atoms with Gasteiger partial charge in [0.1, 0.15) is 11.6 Å². The van der Waals surface area contributed by atoms with Gasteiger partial charge in [-0.3, -0.25) is 4.90 Å². The van der Waals surface area contributed by atoms with Crippen molar-refractivity contribution in [1.82, 2.24) is 14.5 Å². The molecule has 1 aromatic heterocycles. The SMILES string of the molecule is COCCn1ccnc1C1CCN(Cc2c(F)cccc2Cl)CC1. The molecule has 0 atom stereocenters. The molecular weight excluding hydrogens is 329 g/mol. The van der Waals surface area contributed by atoms with Crippen LogP contribution >= 0.6 is 11.6 Å². The van der Waals surface area contributed by atoms with Crippen LogP contribution in [0.3, 0.4) is 0 Å². The van der Waals surface area contributed by atoms with E-state index in [4.69, 9.17) is 16.3 Å². The van der Waals surface area contributed by atoms with Crippen LogP contribution in [0.1, 0.15) is 30.1 Å². The number of ether oxygens (including phenoxy) is 1. The highest BCUT2D eigenvalue weighted by molar-refractivity contribution is 6.31. The minimum Gasteiger partial charge on any atom is -0.383 e. The van der Waals surface area contributed by atoms with Crippen molar-refractivity contribution in [3.8, 4) is 0 Å². The van der Waals surface area contributed by atoms with Gasteiger partial charge in [-0.05, 0) is 38.1 Å². The fourth-order valence-electron chi connectivity index (χ4n) is 3.32. The van der Waals surface area contributed by atoms with Gasteiger partial charge in [0.15, 0.2) is 0 Å². The Morgan fingerprint density at radius 2 is 2.12 bits per heavy atom. The minimum atomic E-state index is -0.222. The third-order valence-corrected chi connectivity index (χ3v) is 5.03. The van der Waals surface area contributed by atoms with Gasteiger partial charge in [0, 0.05) is 49.1 Å². The Labute approximate surface area is 147 Å². The van der Waals surface area contributed by atoms with Crippen LogP contribution in [0.25, 0.3) is 0 Å². The number of hydrogen-bond donors (Lipinski definition) is 0. The molecule has 0 unspecified atom stereocenters. The van der Waals surface area contributed by atoms with Gasteiger partial charge in [-0.1, -0.05) is 17.7 Å². The van der Waals surface area contributed by atoms with Crippen molar-refractivity contribution in [1.29, 1.82) is 0 Å². The van der Waals surface area contributed by atoms with E-state index in [0.29, 0.717) is 29.7 Å². The summed E-state index contributed by atoms with van der Waals surface area (Å²) in [6, 6.07) is 4.87. The lowest BCUT2D eigenvalue weighted by atomic mass is 9.95. The molecule has 6 heteroatoms. The molecule has 1 aromatic carbocycles. The van der Waals surface area contributed by atoms with Gasteiger partial charge < -0.3 is 9.30 Å². The van der Waals surface area contributed by atoms with Crippen molar-refractivity contribution in [2.45, 2.75) is 31.8 Å². The van der Waals surface area contributed by atoms with E-state index in [1.807, 2.05) is 12.4 Å². The number of rotatable bonds is 6. The minimum absolute atomic E-state index is 0.222. The normalized spacial score (nSPS) is 16.6. The molecule has 24 heavy (non-hydrogen) atoms. The van der Waals surface area contributed by atoms with Crippen molar-refractivity contribution in [3.63, 3.8) is 0 Å². The second kappa shape index (κ2) is 8.10. The van der Waals surface area contributed by atoms with Gasteiger partial charge in [-0.2, -0.15) is 0 Å². The van der Waals surface area contributed by atoms with Crippen LogP contribution in [-0.4, -0.2) is 41.3 Å². The lowest BCUT2D eigenvalue weighted by Crippen LogP contribution is -2.33. The van der Waals surface area contributed by atoms with Crippen molar-refractivity contribution in [2.75, 3.05) is 26.8 Å². The van der Waals surface area contributed by atoms with Gasteiger partial charge in [0.25, 0.3) is 0 Å². The van der Waals surface area contributed by atoms with Crippen LogP contribution in [0.15, 0.2) is 30.6 Å². The van der Waals surface area contributed by atoms with Crippen LogP contribution in [0.5, 0.6) is 0 Å². The monoisotopic (exact) mass is 351 g/mol. The van der Waals surface area contributed by atoms with Crippen molar-refractivity contribution in [2.24, 2.45) is 0 Å². The second-order valence-electron chi connectivity index (χ2n) is 6.22. The number of aromatic nitrogens is 2. The summed E-state index contributed by atoms with van der Waals surface area (Å²) >= 11 is 6.14. The number of likely N-dealkylation sites (tertiary alicyclic amines) is 1. The Balaban J connectivity index is 1.59. The van der Waals surface area contributed by atoms with Crippen LogP contribution in [0.2, 0.25) is 5.02 Å². The maximum absolute atomic E-state index is 13.9. The zero-order valence-electron chi connectivity index (χ0n) is 13.9. The topological polar surface area (TPSA) is 30.3 Å². The fraction of sp³-hybridized carbons (Fsp3) is 0.500. The molecule has 2 heterocycles. The summed E-state index contributed by atoms with van der Waals surface area (Å²) in [4.78, 5) is 6.80. The lowest BCUT2D eigenvalue weighted by Gasteiger charge is -2.32. The third-order valence-electron chi connectivity index (χ3n) is 4.68. The van der Waals surface area contributed by atoms with Crippen molar-refractivity contribution in [3.05, 3.63) is 52.8 Å². The highest BCUT2D eigenvalue weighted by atomic mass is 35.5. The number of hydrogen-bond acceptors (Lipinski definition) is 3. The van der Waals surface area contributed by atoms with Crippen LogP contribution in [0, 0.1) is 5.82 Å². The highest BCUT2D eigenvalue weighted by Crippen LogP contribution is 2.29. The molecule has 2 aromatic rings. The van der Waals surface area contributed by atoms with E-state index in [1.54, 1.807) is 19.2 Å². The molecule has 0 radical (unpaired) electrons. The largest absolute Gasteiger partial charge is 0.383 e. The van der Waals surface area contributed by atoms with Crippen LogP contribution in [0.4, 0.5) is 4.39 Å². The lowest BCUT2D eigenvalue weighted by molar-refractivity contribution is 0.179. The number of methoxy groups -OCH3 is 1. The molecule has 0 amide bonds. The van der Waals surface area contributed by atoms with E-state index in [0.717, 1.165) is 38.3 Å². The standard InChI is InChI=1S/C18H23ClFN3O/c1-24-12-11-23-10-7-21-18(23)14-5-8-22(9-6-14)13-15-16(19)3-2-4-17(15)20/h2-4,7,10,14H,5-6,8-9,11-13H2,1H3. The predicted molar refractivity (Wildman–Crippen MR) is 92.8 cm³/mol. The molecule has 0 spiro atoms. The molecule has 0 aliphatic carbocycles. The molecule has 1 saturated heterocycles. The average Bonchev–Trinajstić information content (AvgIpc) is 3.05. The molecule has 1 fully saturated rings. The number of piperidine rings is 1. The van der Waals surface area contributed by atoms with E-state index < -0.39 is 0 Å². The Morgan fingerprint density at radius 3 is 2.83 bits per heavy atom. The maximum Gasteiger partial charge on any atom is 0.129 e. The summed E-state index contributed by atoms with van der Waals surface area (Å²) in [6.07, 6.45) is 5.92. The zero-order valence-corrected chi connectivity index (χ0v) is 14.7. The fourth-order valence-corrected chi connectivity index (χ4v) is 3.54. The first-order chi connectivity index (χ1) is 11.7. The first-order valence-corrected chi connectivity index (χ1v) is 8.72. The second-order valence-corrected chi connectivity index (χ2v) is 6.63. The predicted octanol–water partition coefficient (Wildman–Crippen LogP) is 3.70. The number of imidazole rings is 1. The maximum atomic E-state index is 13.9. The summed E-state index contributed by atoms with van der Waals surface area (Å²) in [5.74, 6) is 1.36. The van der Waals surface area contributed by atoms with E-state index >= 15 is 0 Å². The quantitative estimate of drug-likeness (QED) is 0.795. The first kappa shape index (κ1) is 17.4. The summed E-state index contributed by atoms with van der Waals surface area (Å²) in [6.45, 7) is 3.93. The van der Waals surface area contributed by atoms with Crippen LogP contribution in [-0.2, 0) is 17.8 Å². The number of benzene rings is 1. The molecule has 130 valence electrons. The number of halogens is 2. The molecule has 3 rings (SSSR count). The van der Waals surface area contributed by atoms with Crippen molar-refractivity contribution < 1.29 is 9.13 Å². The van der Waals surface area contributed by atoms with Crippen molar-refractivity contribution >= 4 is 11.6 Å². The third kappa shape index (κ3) is 3.97. The van der Waals surface area contributed by atoms with Gasteiger partial charge in [0.2, 0.25) is 0 Å². The Morgan fingerprint density at radius 1 is 1.33 bits per heavy atom. The van der Waals surface area contributed by atoms with Gasteiger partial charge in [-0.25, -0.2) is 9.37 Å². The van der Waals surface area contributed by atoms with E-state index in [9.17, 15) is 4.39 Å². The van der Waals surface area contributed by atoms with E-state index in [2.05, 4.69) is 14.5 Å². The summed E-state index contributed by atoms with van der Waals surface area (Å²) < 4.78 is 21.3. The zero-order chi connectivity index (χ0) is 16.9. The van der Waals surface area contributed by atoms with Gasteiger partial charge in [0.05, 0.1) is 6.61 Å². The van der Waals surface area contributed by atoms with Gasteiger partial charge >= 0.3 is 0 Å². The highest BCUT2D eigenvalue weighted by Gasteiger charge is 2.24. The van der Waals surface area contributed by atoms with E-state index in [1.165, 1.54) is 6.07 Å². The Kier molecular flexibility index (Phi) is 5.87. The summed E-state index contributed by atoms with van der Waals surface area (Å²) in [7, 11) is 1.71. The molecule has 0 N–H and O–H groups in total. The molecule has 0 saturated carbocycles. The molecule has 0 bridgehead atoms. The molecule has 1 aliphatic rings. The van der Waals surface area contributed by atoms with Gasteiger partial charge in [-0.15, -0.1) is 0 Å². The Hall–Kier alpha value is -1.43.